The summed E-state index contributed by atoms with van der Waals surface area (Å²) in [6, 6.07) is 0. The third-order valence-electron chi connectivity index (χ3n) is 11.2. The quantitative estimate of drug-likeness (QED) is 0.449. The second kappa shape index (κ2) is 7.99. The Hall–Kier alpha value is -0.300. The molecule has 1 N–H and O–H groups in total. The van der Waals surface area contributed by atoms with Gasteiger partial charge >= 0.3 is 0 Å². The molecule has 3 saturated carbocycles. The van der Waals surface area contributed by atoms with Gasteiger partial charge < -0.3 is 5.11 Å². The first-order valence-corrected chi connectivity index (χ1v) is 13.2. The molecule has 0 aromatic rings. The van der Waals surface area contributed by atoms with E-state index in [1.807, 2.05) is 5.57 Å². The van der Waals surface area contributed by atoms with Crippen molar-refractivity contribution < 1.29 is 5.11 Å². The molecule has 1 heteroatoms. The predicted molar refractivity (Wildman–Crippen MR) is 124 cm³/mol. The Kier molecular flexibility index (Phi) is 6.04. The standard InChI is InChI=1S/C28H48O/c1-6-28(29,7-2)19-15-20(3)23-13-14-24-22-12-11-21-10-8-9-17-26(21,4)25(22)16-18-27(23,24)5/h11,20,22-25,29H,6-10,12-19H2,1-5H3. The highest BCUT2D eigenvalue weighted by atomic mass is 16.3. The summed E-state index contributed by atoms with van der Waals surface area (Å²) in [6.45, 7) is 12.1. The van der Waals surface area contributed by atoms with Gasteiger partial charge in [-0.2, -0.15) is 0 Å². The lowest BCUT2D eigenvalue weighted by molar-refractivity contribution is -0.0527. The van der Waals surface area contributed by atoms with Crippen LogP contribution >= 0.6 is 0 Å². The van der Waals surface area contributed by atoms with Gasteiger partial charge in [0.15, 0.2) is 0 Å². The predicted octanol–water partition coefficient (Wildman–Crippen LogP) is 7.92. The molecule has 7 unspecified atom stereocenters. The Morgan fingerprint density at radius 2 is 1.83 bits per heavy atom. The molecular formula is C28H48O. The summed E-state index contributed by atoms with van der Waals surface area (Å²) in [4.78, 5) is 0. The second-order valence-electron chi connectivity index (χ2n) is 12.1. The molecule has 0 saturated heterocycles. The largest absolute Gasteiger partial charge is 0.390 e. The van der Waals surface area contributed by atoms with E-state index in [2.05, 4.69) is 40.7 Å². The third-order valence-corrected chi connectivity index (χ3v) is 11.2. The van der Waals surface area contributed by atoms with E-state index < -0.39 is 5.60 Å². The summed E-state index contributed by atoms with van der Waals surface area (Å²) < 4.78 is 0. The van der Waals surface area contributed by atoms with Crippen molar-refractivity contribution in [2.45, 2.75) is 124 Å². The van der Waals surface area contributed by atoms with Gasteiger partial charge in [0.1, 0.15) is 0 Å². The van der Waals surface area contributed by atoms with E-state index in [1.54, 1.807) is 0 Å². The van der Waals surface area contributed by atoms with Crippen molar-refractivity contribution in [1.82, 2.24) is 0 Å². The molecule has 0 aromatic carbocycles. The fourth-order valence-electron chi connectivity index (χ4n) is 8.97. The molecule has 0 radical (unpaired) electrons. The molecule has 3 fully saturated rings. The molecule has 0 spiro atoms. The van der Waals surface area contributed by atoms with E-state index in [1.165, 1.54) is 64.2 Å². The zero-order chi connectivity index (χ0) is 20.9. The summed E-state index contributed by atoms with van der Waals surface area (Å²) in [5.41, 5.74) is 2.50. The average Bonchev–Trinajstić information content (AvgIpc) is 3.08. The van der Waals surface area contributed by atoms with Crippen LogP contribution in [0.2, 0.25) is 0 Å². The van der Waals surface area contributed by atoms with Gasteiger partial charge in [-0.3, -0.25) is 0 Å². The summed E-state index contributed by atoms with van der Waals surface area (Å²) >= 11 is 0. The molecule has 0 heterocycles. The minimum Gasteiger partial charge on any atom is -0.390 e. The van der Waals surface area contributed by atoms with Crippen LogP contribution in [0.1, 0.15) is 118 Å². The van der Waals surface area contributed by atoms with E-state index in [-0.39, 0.29) is 0 Å². The second-order valence-corrected chi connectivity index (χ2v) is 12.1. The number of hydrogen-bond donors (Lipinski definition) is 1. The van der Waals surface area contributed by atoms with Gasteiger partial charge in [-0.05, 0) is 117 Å². The molecule has 0 bridgehead atoms. The van der Waals surface area contributed by atoms with Crippen molar-refractivity contribution in [3.63, 3.8) is 0 Å². The average molecular weight is 401 g/mol. The summed E-state index contributed by atoms with van der Waals surface area (Å²) in [7, 11) is 0. The summed E-state index contributed by atoms with van der Waals surface area (Å²) in [5.74, 6) is 4.48. The van der Waals surface area contributed by atoms with Crippen LogP contribution in [0.5, 0.6) is 0 Å². The number of fused-ring (bicyclic) bond motifs is 5. The Morgan fingerprint density at radius 3 is 2.55 bits per heavy atom. The van der Waals surface area contributed by atoms with Crippen LogP contribution in [-0.2, 0) is 0 Å². The highest BCUT2D eigenvalue weighted by Gasteiger charge is 2.58. The molecule has 0 amide bonds. The maximum atomic E-state index is 10.8. The Balaban J connectivity index is 1.49. The minimum absolute atomic E-state index is 0.426. The Bertz CT molecular complexity index is 616. The van der Waals surface area contributed by atoms with Gasteiger partial charge in [0.05, 0.1) is 5.60 Å². The maximum Gasteiger partial charge on any atom is 0.0642 e. The van der Waals surface area contributed by atoms with E-state index >= 15 is 0 Å². The maximum absolute atomic E-state index is 10.8. The number of aliphatic hydroxyl groups is 1. The van der Waals surface area contributed by atoms with Crippen LogP contribution < -0.4 is 0 Å². The van der Waals surface area contributed by atoms with Crippen LogP contribution in [-0.4, -0.2) is 10.7 Å². The zero-order valence-electron chi connectivity index (χ0n) is 20.1. The zero-order valence-corrected chi connectivity index (χ0v) is 20.1. The highest BCUT2D eigenvalue weighted by molar-refractivity contribution is 5.24. The van der Waals surface area contributed by atoms with Crippen molar-refractivity contribution in [1.29, 1.82) is 0 Å². The first-order chi connectivity index (χ1) is 13.8. The normalized spacial score (nSPS) is 43.2. The molecule has 7 atom stereocenters. The Morgan fingerprint density at radius 1 is 1.07 bits per heavy atom. The molecule has 1 nitrogen and oxygen atoms in total. The molecule has 4 aliphatic carbocycles. The van der Waals surface area contributed by atoms with Gasteiger partial charge in [0.2, 0.25) is 0 Å². The van der Waals surface area contributed by atoms with Crippen LogP contribution in [0.3, 0.4) is 0 Å². The molecule has 166 valence electrons. The van der Waals surface area contributed by atoms with Gasteiger partial charge in [0.25, 0.3) is 0 Å². The lowest BCUT2D eigenvalue weighted by atomic mass is 9.47. The van der Waals surface area contributed by atoms with Gasteiger partial charge in [-0.1, -0.05) is 52.7 Å². The van der Waals surface area contributed by atoms with Crippen molar-refractivity contribution in [2.75, 3.05) is 0 Å². The SMILES string of the molecule is CCC(O)(CC)CCC(C)C1CCC2C3CC=C4CCCCC4(C)C3CCC12C. The molecule has 4 rings (SSSR count). The van der Waals surface area contributed by atoms with Gasteiger partial charge in [0, 0.05) is 0 Å². The summed E-state index contributed by atoms with van der Waals surface area (Å²) in [5, 5.41) is 10.8. The van der Waals surface area contributed by atoms with Gasteiger partial charge in [-0.25, -0.2) is 0 Å². The van der Waals surface area contributed by atoms with Crippen molar-refractivity contribution in [3.05, 3.63) is 11.6 Å². The van der Waals surface area contributed by atoms with E-state index in [0.29, 0.717) is 10.8 Å². The van der Waals surface area contributed by atoms with Crippen molar-refractivity contribution in [2.24, 2.45) is 40.4 Å². The first kappa shape index (κ1) is 21.9. The number of rotatable bonds is 6. The summed E-state index contributed by atoms with van der Waals surface area (Å²) in [6.07, 6.45) is 19.7. The Labute approximate surface area is 181 Å². The fraction of sp³-hybridized carbons (Fsp3) is 0.929. The molecule has 0 aliphatic heterocycles. The smallest absolute Gasteiger partial charge is 0.0642 e. The van der Waals surface area contributed by atoms with E-state index in [4.69, 9.17) is 0 Å². The topological polar surface area (TPSA) is 20.2 Å². The monoisotopic (exact) mass is 400 g/mol. The number of allylic oxidation sites excluding steroid dienone is 2. The molecular weight excluding hydrogens is 352 g/mol. The molecule has 29 heavy (non-hydrogen) atoms. The van der Waals surface area contributed by atoms with Crippen molar-refractivity contribution >= 4 is 0 Å². The van der Waals surface area contributed by atoms with Gasteiger partial charge in [-0.15, -0.1) is 0 Å². The van der Waals surface area contributed by atoms with E-state index in [9.17, 15) is 5.11 Å². The van der Waals surface area contributed by atoms with Crippen molar-refractivity contribution in [3.8, 4) is 0 Å². The lowest BCUT2D eigenvalue weighted by Gasteiger charge is -2.58. The third kappa shape index (κ3) is 3.56. The minimum atomic E-state index is -0.426. The first-order valence-electron chi connectivity index (χ1n) is 13.2. The van der Waals surface area contributed by atoms with Crippen LogP contribution in [0, 0.1) is 40.4 Å². The molecule has 0 aromatic heterocycles. The highest BCUT2D eigenvalue weighted by Crippen LogP contribution is 2.67. The van der Waals surface area contributed by atoms with Crippen LogP contribution in [0.4, 0.5) is 0 Å². The lowest BCUT2D eigenvalue weighted by Crippen LogP contribution is -2.50. The number of hydrogen-bond acceptors (Lipinski definition) is 1. The van der Waals surface area contributed by atoms with Crippen LogP contribution in [0.25, 0.3) is 0 Å². The molecule has 4 aliphatic rings. The van der Waals surface area contributed by atoms with E-state index in [0.717, 1.165) is 48.9 Å². The fourth-order valence-corrected chi connectivity index (χ4v) is 8.97. The van der Waals surface area contributed by atoms with Crippen LogP contribution in [0.15, 0.2) is 11.6 Å².